The van der Waals surface area contributed by atoms with Crippen LogP contribution < -0.4 is 10.2 Å². The van der Waals surface area contributed by atoms with E-state index in [2.05, 4.69) is 5.43 Å². The average molecular weight is 523 g/mol. The highest BCUT2D eigenvalue weighted by molar-refractivity contribution is 8.26. The van der Waals surface area contributed by atoms with Crippen LogP contribution in [-0.2, 0) is 16.2 Å². The zero-order valence-electron chi connectivity index (χ0n) is 19.7. The largest absolute Gasteiger partial charge is 0.488 e. The zero-order chi connectivity index (χ0) is 24.9. The van der Waals surface area contributed by atoms with E-state index in [0.717, 1.165) is 31.0 Å². The van der Waals surface area contributed by atoms with Gasteiger partial charge in [0, 0.05) is 11.1 Å². The SMILES string of the molecule is O=C1/C(=C\c2ccccc2OCc2ccccc2F)SC(=S)N1NC(=O)C12CC3CC(CC(C3)C1)C2. The Morgan fingerprint density at radius 3 is 2.42 bits per heavy atom. The Balaban J connectivity index is 1.17. The van der Waals surface area contributed by atoms with Gasteiger partial charge in [0.1, 0.15) is 18.2 Å². The summed E-state index contributed by atoms with van der Waals surface area (Å²) >= 11 is 6.63. The van der Waals surface area contributed by atoms with Crippen LogP contribution in [0.25, 0.3) is 6.08 Å². The first-order chi connectivity index (χ1) is 17.4. The fourth-order valence-corrected chi connectivity index (χ4v) is 7.99. The molecular weight excluding hydrogens is 495 g/mol. The van der Waals surface area contributed by atoms with Crippen molar-refractivity contribution in [2.75, 3.05) is 0 Å². The maximum absolute atomic E-state index is 14.0. The molecule has 186 valence electrons. The van der Waals surface area contributed by atoms with Gasteiger partial charge in [-0.1, -0.05) is 48.2 Å². The van der Waals surface area contributed by atoms with Crippen LogP contribution in [0.5, 0.6) is 5.75 Å². The van der Waals surface area contributed by atoms with E-state index >= 15 is 0 Å². The Morgan fingerprint density at radius 1 is 1.08 bits per heavy atom. The summed E-state index contributed by atoms with van der Waals surface area (Å²) in [7, 11) is 0. The molecule has 2 amide bonds. The minimum atomic E-state index is -0.366. The Kier molecular flexibility index (Phi) is 6.12. The number of rotatable bonds is 6. The second-order valence-corrected chi connectivity index (χ2v) is 12.2. The Labute approximate surface area is 219 Å². The van der Waals surface area contributed by atoms with Crippen LogP contribution in [0, 0.1) is 29.0 Å². The van der Waals surface area contributed by atoms with E-state index in [0.29, 0.717) is 43.9 Å². The summed E-state index contributed by atoms with van der Waals surface area (Å²) in [6, 6.07) is 13.7. The molecule has 5 nitrogen and oxygen atoms in total. The van der Waals surface area contributed by atoms with Crippen molar-refractivity contribution in [2.45, 2.75) is 45.1 Å². The maximum Gasteiger partial charge on any atom is 0.285 e. The van der Waals surface area contributed by atoms with E-state index < -0.39 is 0 Å². The highest BCUT2D eigenvalue weighted by Gasteiger charge is 2.55. The van der Waals surface area contributed by atoms with Gasteiger partial charge in [-0.05, 0) is 86.7 Å². The fraction of sp³-hybridized carbons (Fsp3) is 0.393. The summed E-state index contributed by atoms with van der Waals surface area (Å²) in [5, 5.41) is 1.23. The number of nitrogens with one attached hydrogen (secondary N) is 1. The van der Waals surface area contributed by atoms with Crippen molar-refractivity contribution in [3.8, 4) is 5.75 Å². The molecule has 0 radical (unpaired) electrons. The van der Waals surface area contributed by atoms with Crippen molar-refractivity contribution >= 4 is 46.2 Å². The highest BCUT2D eigenvalue weighted by atomic mass is 32.2. The van der Waals surface area contributed by atoms with E-state index in [9.17, 15) is 14.0 Å². The molecule has 4 aliphatic carbocycles. The molecule has 1 N–H and O–H groups in total. The lowest BCUT2D eigenvalue weighted by Gasteiger charge is -2.55. The normalized spacial score (nSPS) is 29.8. The molecule has 0 spiro atoms. The molecule has 2 aromatic rings. The van der Waals surface area contributed by atoms with E-state index in [4.69, 9.17) is 17.0 Å². The average Bonchev–Trinajstić information content (AvgIpc) is 3.11. The first-order valence-corrected chi connectivity index (χ1v) is 13.7. The molecule has 4 bridgehead atoms. The molecule has 4 saturated carbocycles. The van der Waals surface area contributed by atoms with Crippen LogP contribution >= 0.6 is 24.0 Å². The van der Waals surface area contributed by atoms with Gasteiger partial charge in [-0.15, -0.1) is 0 Å². The van der Waals surface area contributed by atoms with Crippen molar-refractivity contribution in [1.29, 1.82) is 0 Å². The number of thiocarbonyl (C=S) groups is 1. The number of hydrogen-bond acceptors (Lipinski definition) is 5. The third kappa shape index (κ3) is 4.34. The number of carbonyl (C=O) groups is 2. The molecule has 0 unspecified atom stereocenters. The molecule has 36 heavy (non-hydrogen) atoms. The van der Waals surface area contributed by atoms with Gasteiger partial charge >= 0.3 is 0 Å². The molecule has 8 heteroatoms. The van der Waals surface area contributed by atoms with E-state index in [1.54, 1.807) is 30.3 Å². The smallest absolute Gasteiger partial charge is 0.285 e. The van der Waals surface area contributed by atoms with Gasteiger partial charge in [-0.3, -0.25) is 15.0 Å². The second-order valence-electron chi connectivity index (χ2n) is 10.6. The fourth-order valence-electron chi connectivity index (χ4n) is 6.82. The second kappa shape index (κ2) is 9.30. The van der Waals surface area contributed by atoms with Crippen LogP contribution in [0.1, 0.15) is 49.7 Å². The number of ether oxygens (including phenoxy) is 1. The van der Waals surface area contributed by atoms with E-state index in [1.807, 2.05) is 18.2 Å². The van der Waals surface area contributed by atoms with Gasteiger partial charge in [0.05, 0.1) is 10.3 Å². The lowest BCUT2D eigenvalue weighted by Crippen LogP contribution is -2.57. The molecule has 7 rings (SSSR count). The number of thioether (sulfide) groups is 1. The van der Waals surface area contributed by atoms with Gasteiger partial charge in [-0.2, -0.15) is 5.01 Å². The summed E-state index contributed by atoms with van der Waals surface area (Å²) in [6.07, 6.45) is 8.21. The van der Waals surface area contributed by atoms with E-state index in [1.165, 1.54) is 30.3 Å². The molecule has 5 aliphatic rings. The number of benzene rings is 2. The molecule has 1 saturated heterocycles. The molecule has 2 aromatic carbocycles. The van der Waals surface area contributed by atoms with Gasteiger partial charge in [0.2, 0.25) is 5.91 Å². The highest BCUT2D eigenvalue weighted by Crippen LogP contribution is 2.60. The third-order valence-electron chi connectivity index (χ3n) is 8.07. The maximum atomic E-state index is 14.0. The summed E-state index contributed by atoms with van der Waals surface area (Å²) in [5.41, 5.74) is 3.65. The minimum Gasteiger partial charge on any atom is -0.488 e. The summed E-state index contributed by atoms with van der Waals surface area (Å²) < 4.78 is 20.2. The van der Waals surface area contributed by atoms with Crippen LogP contribution in [0.3, 0.4) is 0 Å². The lowest BCUT2D eigenvalue weighted by molar-refractivity contribution is -0.152. The number of carbonyl (C=O) groups excluding carboxylic acids is 2. The number of para-hydroxylation sites is 1. The third-order valence-corrected chi connectivity index (χ3v) is 9.38. The first kappa shape index (κ1) is 23.7. The van der Waals surface area contributed by atoms with Crippen LogP contribution in [0.2, 0.25) is 0 Å². The molecule has 0 atom stereocenters. The molecular formula is C28H27FN2O3S2. The van der Waals surface area contributed by atoms with Crippen molar-refractivity contribution in [1.82, 2.24) is 10.4 Å². The van der Waals surface area contributed by atoms with Crippen molar-refractivity contribution in [3.05, 3.63) is 70.4 Å². The predicted molar refractivity (Wildman–Crippen MR) is 141 cm³/mol. The molecule has 0 aromatic heterocycles. The summed E-state index contributed by atoms with van der Waals surface area (Å²) in [4.78, 5) is 27.1. The predicted octanol–water partition coefficient (Wildman–Crippen LogP) is 5.85. The van der Waals surface area contributed by atoms with Crippen molar-refractivity contribution < 1.29 is 18.7 Å². The van der Waals surface area contributed by atoms with Crippen LogP contribution in [-0.4, -0.2) is 21.1 Å². The monoisotopic (exact) mass is 522 g/mol. The quantitative estimate of drug-likeness (QED) is 0.381. The number of nitrogens with zero attached hydrogens (tertiary/aromatic N) is 1. The van der Waals surface area contributed by atoms with Crippen LogP contribution in [0.4, 0.5) is 4.39 Å². The van der Waals surface area contributed by atoms with Gasteiger partial charge in [0.15, 0.2) is 4.32 Å². The van der Waals surface area contributed by atoms with E-state index in [-0.39, 0.29) is 29.7 Å². The number of amides is 2. The van der Waals surface area contributed by atoms with Gasteiger partial charge in [-0.25, -0.2) is 4.39 Å². The lowest BCUT2D eigenvalue weighted by atomic mass is 9.49. The number of hydrogen-bond donors (Lipinski definition) is 1. The molecule has 1 aliphatic heterocycles. The first-order valence-electron chi connectivity index (χ1n) is 12.4. The minimum absolute atomic E-state index is 0.0622. The number of halogens is 1. The Hall–Kier alpha value is -2.71. The standard InChI is InChI=1S/C28H27FN2O3S2/c29-22-7-3-1-6-21(22)16-34-23-8-4-2-5-20(23)12-24-25(32)31(27(35)36-24)30-26(33)28-13-17-9-18(14-28)11-19(10-17)15-28/h1-8,12,17-19H,9-11,13-16H2,(H,30,33)/b24-12+. The van der Waals surface area contributed by atoms with Crippen molar-refractivity contribution in [2.24, 2.45) is 23.2 Å². The van der Waals surface area contributed by atoms with Crippen molar-refractivity contribution in [3.63, 3.8) is 0 Å². The Bertz CT molecular complexity index is 1240. The number of hydrazine groups is 1. The summed E-state index contributed by atoms with van der Waals surface area (Å²) in [6.45, 7) is 0.0691. The summed E-state index contributed by atoms with van der Waals surface area (Å²) in [5.74, 6) is 1.70. The Morgan fingerprint density at radius 2 is 1.72 bits per heavy atom. The molecule has 1 heterocycles. The van der Waals surface area contributed by atoms with Gasteiger partial charge in [0.25, 0.3) is 5.91 Å². The molecule has 5 fully saturated rings. The topological polar surface area (TPSA) is 58.6 Å². The zero-order valence-corrected chi connectivity index (χ0v) is 21.4. The van der Waals surface area contributed by atoms with Crippen LogP contribution in [0.15, 0.2) is 53.4 Å². The van der Waals surface area contributed by atoms with Gasteiger partial charge < -0.3 is 4.74 Å².